The SMILES string of the molecule is CC1(O)CCN(c2cc(C(F)(F)F)cc(N)n2)C1. The Morgan fingerprint density at radius 1 is 1.44 bits per heavy atom. The van der Waals surface area contributed by atoms with E-state index < -0.39 is 17.3 Å². The van der Waals surface area contributed by atoms with Crippen LogP contribution >= 0.6 is 0 Å². The van der Waals surface area contributed by atoms with Crippen molar-refractivity contribution < 1.29 is 18.3 Å². The highest BCUT2D eigenvalue weighted by atomic mass is 19.4. The number of nitrogens with two attached hydrogens (primary N) is 1. The first kappa shape index (κ1) is 12.9. The second kappa shape index (κ2) is 4.01. The number of halogens is 3. The quantitative estimate of drug-likeness (QED) is 0.806. The second-order valence-electron chi connectivity index (χ2n) is 4.81. The van der Waals surface area contributed by atoms with Crippen molar-refractivity contribution in [3.8, 4) is 0 Å². The molecule has 1 unspecified atom stereocenters. The van der Waals surface area contributed by atoms with Crippen molar-refractivity contribution in [3.63, 3.8) is 0 Å². The van der Waals surface area contributed by atoms with Crippen LogP contribution in [-0.4, -0.2) is 28.8 Å². The minimum absolute atomic E-state index is 0.153. The monoisotopic (exact) mass is 261 g/mol. The number of aromatic nitrogens is 1. The van der Waals surface area contributed by atoms with Gasteiger partial charge in [0, 0.05) is 13.1 Å². The van der Waals surface area contributed by atoms with Gasteiger partial charge in [-0.25, -0.2) is 4.98 Å². The Hall–Kier alpha value is -1.50. The van der Waals surface area contributed by atoms with Crippen LogP contribution < -0.4 is 10.6 Å². The number of β-amino-alcohol motifs (C(OH)–C–C–N with tert-alkyl or cyclic N) is 1. The molecule has 1 atom stereocenters. The van der Waals surface area contributed by atoms with E-state index in [1.165, 1.54) is 0 Å². The molecule has 0 saturated carbocycles. The van der Waals surface area contributed by atoms with Crippen LogP contribution in [0.4, 0.5) is 24.8 Å². The number of hydrogen-bond acceptors (Lipinski definition) is 4. The molecule has 1 aromatic heterocycles. The van der Waals surface area contributed by atoms with Crippen molar-refractivity contribution in [1.82, 2.24) is 4.98 Å². The maximum Gasteiger partial charge on any atom is 0.416 e. The number of hydrogen-bond donors (Lipinski definition) is 2. The lowest BCUT2D eigenvalue weighted by Gasteiger charge is -2.21. The van der Waals surface area contributed by atoms with Crippen LogP contribution in [-0.2, 0) is 6.18 Å². The zero-order valence-corrected chi connectivity index (χ0v) is 9.83. The second-order valence-corrected chi connectivity index (χ2v) is 4.81. The topological polar surface area (TPSA) is 62.4 Å². The number of alkyl halides is 3. The van der Waals surface area contributed by atoms with Gasteiger partial charge in [-0.1, -0.05) is 0 Å². The highest BCUT2D eigenvalue weighted by molar-refractivity contribution is 5.50. The fraction of sp³-hybridized carbons (Fsp3) is 0.545. The van der Waals surface area contributed by atoms with Gasteiger partial charge in [-0.05, 0) is 25.5 Å². The van der Waals surface area contributed by atoms with Crippen molar-refractivity contribution in [2.24, 2.45) is 0 Å². The lowest BCUT2D eigenvalue weighted by atomic mass is 10.1. The number of nitrogen functional groups attached to an aromatic ring is 1. The summed E-state index contributed by atoms with van der Waals surface area (Å²) in [7, 11) is 0. The predicted octanol–water partition coefficient (Wildman–Crippen LogP) is 1.64. The van der Waals surface area contributed by atoms with Crippen molar-refractivity contribution in [2.75, 3.05) is 23.7 Å². The lowest BCUT2D eigenvalue weighted by Crippen LogP contribution is -2.30. The summed E-state index contributed by atoms with van der Waals surface area (Å²) in [5, 5.41) is 9.80. The normalized spacial score (nSPS) is 24.6. The Bertz CT molecular complexity index is 459. The molecule has 3 N–H and O–H groups in total. The van der Waals surface area contributed by atoms with E-state index in [1.54, 1.807) is 11.8 Å². The van der Waals surface area contributed by atoms with E-state index in [0.717, 1.165) is 12.1 Å². The molecule has 0 bridgehead atoms. The van der Waals surface area contributed by atoms with E-state index in [2.05, 4.69) is 4.98 Å². The molecule has 1 aromatic rings. The van der Waals surface area contributed by atoms with Crippen LogP contribution in [0.15, 0.2) is 12.1 Å². The Balaban J connectivity index is 2.32. The van der Waals surface area contributed by atoms with Gasteiger partial charge in [-0.15, -0.1) is 0 Å². The average Bonchev–Trinajstić information content (AvgIpc) is 2.56. The third kappa shape index (κ3) is 2.66. The summed E-state index contributed by atoms with van der Waals surface area (Å²) in [6.45, 7) is 2.35. The van der Waals surface area contributed by atoms with Gasteiger partial charge in [0.05, 0.1) is 11.2 Å². The average molecular weight is 261 g/mol. The molecular weight excluding hydrogens is 247 g/mol. The van der Waals surface area contributed by atoms with Crippen LogP contribution in [0.5, 0.6) is 0 Å². The highest BCUT2D eigenvalue weighted by Crippen LogP contribution is 2.33. The van der Waals surface area contributed by atoms with E-state index in [1.807, 2.05) is 0 Å². The van der Waals surface area contributed by atoms with Gasteiger partial charge >= 0.3 is 6.18 Å². The number of nitrogens with zero attached hydrogens (tertiary/aromatic N) is 2. The minimum atomic E-state index is -4.45. The van der Waals surface area contributed by atoms with E-state index in [9.17, 15) is 18.3 Å². The van der Waals surface area contributed by atoms with Crippen LogP contribution in [0, 0.1) is 0 Å². The van der Waals surface area contributed by atoms with E-state index in [0.29, 0.717) is 13.0 Å². The van der Waals surface area contributed by atoms with E-state index in [4.69, 9.17) is 5.73 Å². The summed E-state index contributed by atoms with van der Waals surface area (Å²) in [4.78, 5) is 5.49. The van der Waals surface area contributed by atoms with Gasteiger partial charge in [0.2, 0.25) is 0 Å². The van der Waals surface area contributed by atoms with Crippen molar-refractivity contribution >= 4 is 11.6 Å². The number of rotatable bonds is 1. The Labute approximate surface area is 102 Å². The van der Waals surface area contributed by atoms with Gasteiger partial charge in [0.25, 0.3) is 0 Å². The van der Waals surface area contributed by atoms with Gasteiger partial charge < -0.3 is 15.7 Å². The summed E-state index contributed by atoms with van der Waals surface area (Å²) in [6.07, 6.45) is -3.96. The fourth-order valence-corrected chi connectivity index (χ4v) is 2.00. The molecule has 2 rings (SSSR count). The van der Waals surface area contributed by atoms with Gasteiger partial charge in [-0.2, -0.15) is 13.2 Å². The zero-order valence-electron chi connectivity index (χ0n) is 9.83. The van der Waals surface area contributed by atoms with Crippen molar-refractivity contribution in [2.45, 2.75) is 25.1 Å². The third-order valence-electron chi connectivity index (χ3n) is 2.93. The molecule has 0 aromatic carbocycles. The molecular formula is C11H14F3N3O. The molecule has 4 nitrogen and oxygen atoms in total. The van der Waals surface area contributed by atoms with E-state index in [-0.39, 0.29) is 18.2 Å². The van der Waals surface area contributed by atoms with Crippen LogP contribution in [0.25, 0.3) is 0 Å². The summed E-state index contributed by atoms with van der Waals surface area (Å²) < 4.78 is 37.9. The first-order chi connectivity index (χ1) is 8.17. The smallest absolute Gasteiger partial charge is 0.388 e. The largest absolute Gasteiger partial charge is 0.416 e. The Morgan fingerprint density at radius 3 is 2.61 bits per heavy atom. The third-order valence-corrected chi connectivity index (χ3v) is 2.93. The molecule has 0 aliphatic carbocycles. The standard InChI is InChI=1S/C11H14F3N3O/c1-10(18)2-3-17(6-10)9-5-7(11(12,13)14)4-8(15)16-9/h4-5,18H,2-3,6H2,1H3,(H2,15,16). The van der Waals surface area contributed by atoms with Crippen molar-refractivity contribution in [3.05, 3.63) is 17.7 Å². The highest BCUT2D eigenvalue weighted by Gasteiger charge is 2.35. The number of aliphatic hydroxyl groups is 1. The number of anilines is 2. The maximum atomic E-state index is 12.6. The van der Waals surface area contributed by atoms with Gasteiger partial charge in [0.1, 0.15) is 11.6 Å². The van der Waals surface area contributed by atoms with E-state index >= 15 is 0 Å². The van der Waals surface area contributed by atoms with Crippen molar-refractivity contribution in [1.29, 1.82) is 0 Å². The number of pyridine rings is 1. The molecule has 7 heteroatoms. The predicted molar refractivity (Wildman–Crippen MR) is 61.1 cm³/mol. The molecule has 0 spiro atoms. The van der Waals surface area contributed by atoms with Gasteiger partial charge in [0.15, 0.2) is 0 Å². The van der Waals surface area contributed by atoms with Gasteiger partial charge in [-0.3, -0.25) is 0 Å². The molecule has 18 heavy (non-hydrogen) atoms. The minimum Gasteiger partial charge on any atom is -0.388 e. The summed E-state index contributed by atoms with van der Waals surface area (Å²) in [5.74, 6) is -0.0218. The zero-order chi connectivity index (χ0) is 13.6. The molecule has 2 heterocycles. The molecule has 1 fully saturated rings. The van der Waals surface area contributed by atoms with Crippen LogP contribution in [0.2, 0.25) is 0 Å². The molecule has 0 amide bonds. The molecule has 1 saturated heterocycles. The molecule has 1 aliphatic rings. The summed E-state index contributed by atoms with van der Waals surface area (Å²) >= 11 is 0. The summed E-state index contributed by atoms with van der Waals surface area (Å²) in [6, 6.07) is 1.76. The Morgan fingerprint density at radius 2 is 2.11 bits per heavy atom. The first-order valence-corrected chi connectivity index (χ1v) is 5.49. The molecule has 100 valence electrons. The van der Waals surface area contributed by atoms with Crippen LogP contribution in [0.1, 0.15) is 18.9 Å². The lowest BCUT2D eigenvalue weighted by molar-refractivity contribution is -0.137. The fourth-order valence-electron chi connectivity index (χ4n) is 2.00. The Kier molecular flexibility index (Phi) is 2.89. The van der Waals surface area contributed by atoms with Crippen LogP contribution in [0.3, 0.4) is 0 Å². The molecule has 0 radical (unpaired) electrons. The first-order valence-electron chi connectivity index (χ1n) is 5.49. The molecule has 1 aliphatic heterocycles. The maximum absolute atomic E-state index is 12.6. The summed E-state index contributed by atoms with van der Waals surface area (Å²) in [5.41, 5.74) is 3.67.